The maximum Gasteiger partial charge on any atom is 0.191 e. The number of hydrogen-bond acceptors (Lipinski definition) is 6. The average Bonchev–Trinajstić information content (AvgIpc) is 3.66. The molecule has 0 spiro atoms. The number of hydrogen-bond donors (Lipinski definition) is 2. The Morgan fingerprint density at radius 2 is 1.91 bits per heavy atom. The Kier molecular flexibility index (Phi) is 11.8. The van der Waals surface area contributed by atoms with Crippen molar-refractivity contribution < 1.29 is 14.2 Å². The molecule has 9 heteroatoms. The predicted molar refractivity (Wildman–Crippen MR) is 140 cm³/mol. The topological polar surface area (TPSA) is 70.6 Å². The third kappa shape index (κ3) is 7.64. The largest absolute Gasteiger partial charge is 0.493 e. The van der Waals surface area contributed by atoms with E-state index in [9.17, 15) is 0 Å². The lowest BCUT2D eigenvalue weighted by Gasteiger charge is -2.35. The number of nitrogens with zero attached hydrogens (tertiary/aromatic N) is 3. The third-order valence-corrected chi connectivity index (χ3v) is 6.13. The molecule has 0 aromatic heterocycles. The van der Waals surface area contributed by atoms with Crippen LogP contribution in [0.1, 0.15) is 31.4 Å². The smallest absolute Gasteiger partial charge is 0.191 e. The first-order chi connectivity index (χ1) is 15.2. The maximum atomic E-state index is 5.58. The first-order valence-electron chi connectivity index (χ1n) is 11.4. The fourth-order valence-electron chi connectivity index (χ4n) is 4.18. The van der Waals surface area contributed by atoms with Gasteiger partial charge in [0, 0.05) is 45.8 Å². The van der Waals surface area contributed by atoms with Crippen LogP contribution in [0.25, 0.3) is 0 Å². The maximum absolute atomic E-state index is 5.58. The summed E-state index contributed by atoms with van der Waals surface area (Å²) in [6.07, 6.45) is 2.68. The molecular weight excluding hydrogens is 521 g/mol. The summed E-state index contributed by atoms with van der Waals surface area (Å²) in [7, 11) is 5.17. The number of guanidine groups is 1. The number of likely N-dealkylation sites (N-methyl/N-ethyl adjacent to an activating group) is 1. The molecule has 2 aliphatic rings. The summed E-state index contributed by atoms with van der Waals surface area (Å²) < 4.78 is 16.5. The number of ether oxygens (including phenoxy) is 3. The highest BCUT2D eigenvalue weighted by Crippen LogP contribution is 2.32. The summed E-state index contributed by atoms with van der Waals surface area (Å²) in [5, 5.41) is 7.01. The van der Waals surface area contributed by atoms with Gasteiger partial charge >= 0.3 is 0 Å². The van der Waals surface area contributed by atoms with Gasteiger partial charge in [0.2, 0.25) is 0 Å². The van der Waals surface area contributed by atoms with Crippen LogP contribution in [0.4, 0.5) is 0 Å². The Balaban J connectivity index is 0.00000363. The van der Waals surface area contributed by atoms with Crippen molar-refractivity contribution in [2.45, 2.75) is 31.8 Å². The molecule has 1 aromatic rings. The lowest BCUT2D eigenvalue weighted by atomic mass is 10.0. The van der Waals surface area contributed by atoms with Gasteiger partial charge in [0.15, 0.2) is 17.5 Å². The predicted octanol–water partition coefficient (Wildman–Crippen LogP) is 2.34. The lowest BCUT2D eigenvalue weighted by Crippen LogP contribution is -2.47. The first-order valence-corrected chi connectivity index (χ1v) is 11.4. The van der Waals surface area contributed by atoms with E-state index in [1.54, 1.807) is 14.2 Å². The molecule has 32 heavy (non-hydrogen) atoms. The molecule has 1 heterocycles. The van der Waals surface area contributed by atoms with Crippen LogP contribution >= 0.6 is 24.0 Å². The Hall–Kier alpha value is -1.30. The molecule has 1 unspecified atom stereocenters. The van der Waals surface area contributed by atoms with Crippen molar-refractivity contribution in [3.63, 3.8) is 0 Å². The van der Waals surface area contributed by atoms with Gasteiger partial charge in [0.1, 0.15) is 0 Å². The minimum atomic E-state index is 0. The summed E-state index contributed by atoms with van der Waals surface area (Å²) in [6.45, 7) is 9.34. The highest BCUT2D eigenvalue weighted by atomic mass is 127. The molecule has 2 fully saturated rings. The normalized spacial score (nSPS) is 18.1. The summed E-state index contributed by atoms with van der Waals surface area (Å²) in [6, 6.07) is 7.14. The number of halogens is 1. The molecule has 1 saturated heterocycles. The van der Waals surface area contributed by atoms with Crippen LogP contribution in [0.15, 0.2) is 23.2 Å². The molecule has 8 nitrogen and oxygen atoms in total. The van der Waals surface area contributed by atoms with E-state index in [0.29, 0.717) is 0 Å². The van der Waals surface area contributed by atoms with Crippen LogP contribution in [-0.2, 0) is 4.74 Å². The van der Waals surface area contributed by atoms with Gasteiger partial charge in [-0.15, -0.1) is 24.0 Å². The Morgan fingerprint density at radius 3 is 2.50 bits per heavy atom. The number of rotatable bonds is 11. The zero-order valence-corrected chi connectivity index (χ0v) is 22.3. The zero-order chi connectivity index (χ0) is 22.1. The molecule has 1 saturated carbocycles. The summed E-state index contributed by atoms with van der Waals surface area (Å²) in [5.41, 5.74) is 1.19. The van der Waals surface area contributed by atoms with E-state index in [4.69, 9.17) is 14.2 Å². The molecule has 0 amide bonds. The quantitative estimate of drug-likeness (QED) is 0.244. The summed E-state index contributed by atoms with van der Waals surface area (Å²) in [4.78, 5) is 9.43. The number of methoxy groups -OCH3 is 2. The van der Waals surface area contributed by atoms with E-state index < -0.39 is 0 Å². The van der Waals surface area contributed by atoms with E-state index in [1.807, 2.05) is 13.1 Å². The van der Waals surface area contributed by atoms with Gasteiger partial charge in [0.05, 0.1) is 33.5 Å². The molecule has 2 N–H and O–H groups in total. The van der Waals surface area contributed by atoms with Crippen LogP contribution in [0.2, 0.25) is 0 Å². The van der Waals surface area contributed by atoms with Crippen LogP contribution in [0.5, 0.6) is 11.5 Å². The highest BCUT2D eigenvalue weighted by molar-refractivity contribution is 14.0. The van der Waals surface area contributed by atoms with Crippen LogP contribution < -0.4 is 20.1 Å². The van der Waals surface area contributed by atoms with E-state index in [2.05, 4.69) is 44.5 Å². The fourth-order valence-corrected chi connectivity index (χ4v) is 4.18. The standard InChI is InChI=1S/C23H39N5O3.HI/c1-5-27(19-7-8-19)11-10-25-23(24-2)26-17-20(28-12-14-31-15-13-28)18-6-9-21(29-3)22(16-18)30-4;/h6,9,16,19-20H,5,7-8,10-15,17H2,1-4H3,(H2,24,25,26);1H. The summed E-state index contributed by atoms with van der Waals surface area (Å²) >= 11 is 0. The van der Waals surface area contributed by atoms with Gasteiger partial charge in [-0.05, 0) is 37.1 Å². The van der Waals surface area contributed by atoms with Gasteiger partial charge in [-0.1, -0.05) is 13.0 Å². The van der Waals surface area contributed by atoms with Crippen molar-refractivity contribution in [2.75, 3.05) is 73.7 Å². The van der Waals surface area contributed by atoms with Gasteiger partial charge < -0.3 is 24.8 Å². The zero-order valence-electron chi connectivity index (χ0n) is 19.9. The van der Waals surface area contributed by atoms with E-state index in [-0.39, 0.29) is 30.0 Å². The average molecular weight is 562 g/mol. The number of benzene rings is 1. The second kappa shape index (κ2) is 14.1. The van der Waals surface area contributed by atoms with E-state index >= 15 is 0 Å². The van der Waals surface area contributed by atoms with Crippen LogP contribution in [0, 0.1) is 0 Å². The van der Waals surface area contributed by atoms with Gasteiger partial charge in [0.25, 0.3) is 0 Å². The Labute approximate surface area is 210 Å². The Morgan fingerprint density at radius 1 is 1.19 bits per heavy atom. The molecule has 0 bridgehead atoms. The van der Waals surface area contributed by atoms with Crippen molar-refractivity contribution in [1.82, 2.24) is 20.4 Å². The van der Waals surface area contributed by atoms with Crippen LogP contribution in [0.3, 0.4) is 0 Å². The van der Waals surface area contributed by atoms with Crippen molar-refractivity contribution in [1.29, 1.82) is 0 Å². The van der Waals surface area contributed by atoms with E-state index in [1.165, 1.54) is 18.4 Å². The van der Waals surface area contributed by atoms with Crippen molar-refractivity contribution in [3.05, 3.63) is 23.8 Å². The molecule has 1 aliphatic carbocycles. The highest BCUT2D eigenvalue weighted by Gasteiger charge is 2.27. The monoisotopic (exact) mass is 561 g/mol. The third-order valence-electron chi connectivity index (χ3n) is 6.13. The SMILES string of the molecule is CCN(CCNC(=NC)NCC(c1ccc(OC)c(OC)c1)N1CCOCC1)C1CC1.I. The number of nitrogens with one attached hydrogen (secondary N) is 2. The molecule has 1 atom stereocenters. The number of aliphatic imine (C=N–C) groups is 1. The molecular formula is C23H40IN5O3. The van der Waals surface area contributed by atoms with Gasteiger partial charge in [-0.2, -0.15) is 0 Å². The summed E-state index contributed by atoms with van der Waals surface area (Å²) in [5.74, 6) is 2.33. The first kappa shape index (κ1) is 26.9. The minimum absolute atomic E-state index is 0. The second-order valence-electron chi connectivity index (χ2n) is 8.02. The van der Waals surface area contributed by atoms with Gasteiger partial charge in [-0.25, -0.2) is 0 Å². The second-order valence-corrected chi connectivity index (χ2v) is 8.02. The molecule has 1 aliphatic heterocycles. The lowest BCUT2D eigenvalue weighted by molar-refractivity contribution is 0.0169. The molecule has 1 aromatic carbocycles. The van der Waals surface area contributed by atoms with E-state index in [0.717, 1.165) is 76.0 Å². The molecule has 0 radical (unpaired) electrons. The van der Waals surface area contributed by atoms with Gasteiger partial charge in [-0.3, -0.25) is 14.8 Å². The van der Waals surface area contributed by atoms with Crippen molar-refractivity contribution >= 4 is 29.9 Å². The minimum Gasteiger partial charge on any atom is -0.493 e. The van der Waals surface area contributed by atoms with Crippen molar-refractivity contribution in [3.8, 4) is 11.5 Å². The molecule has 3 rings (SSSR count). The Bertz CT molecular complexity index is 711. The van der Waals surface area contributed by atoms with Crippen LogP contribution in [-0.4, -0.2) is 95.6 Å². The fraction of sp³-hybridized carbons (Fsp3) is 0.696. The van der Waals surface area contributed by atoms with Crippen molar-refractivity contribution in [2.24, 2.45) is 4.99 Å². The molecule has 182 valence electrons. The number of morpholine rings is 1.